The molecule has 1 N–H and O–H groups in total. The number of ketones is 1. The van der Waals surface area contributed by atoms with E-state index in [4.69, 9.17) is 4.74 Å². The van der Waals surface area contributed by atoms with E-state index in [-0.39, 0.29) is 11.4 Å². The largest absolute Gasteiger partial charge is 0.503 e. The summed E-state index contributed by atoms with van der Waals surface area (Å²) in [6.45, 7) is 3.97. The topological polar surface area (TPSA) is 83.0 Å². The summed E-state index contributed by atoms with van der Waals surface area (Å²) >= 11 is 0. The highest BCUT2D eigenvalue weighted by Gasteiger charge is 2.42. The number of hydrogen-bond acceptors (Lipinski definition) is 6. The van der Waals surface area contributed by atoms with Gasteiger partial charge in [-0.05, 0) is 29.3 Å². The molecule has 1 aromatic carbocycles. The Morgan fingerprint density at radius 2 is 1.81 bits per heavy atom. The fourth-order valence-corrected chi connectivity index (χ4v) is 3.93. The molecule has 1 fully saturated rings. The molecule has 160 valence electrons. The Morgan fingerprint density at radius 3 is 2.52 bits per heavy atom. The van der Waals surface area contributed by atoms with Gasteiger partial charge in [-0.25, -0.2) is 0 Å². The van der Waals surface area contributed by atoms with Crippen molar-refractivity contribution in [3.8, 4) is 0 Å². The molecule has 2 aliphatic heterocycles. The lowest BCUT2D eigenvalue weighted by atomic mass is 9.96. The van der Waals surface area contributed by atoms with Crippen molar-refractivity contribution in [1.29, 1.82) is 0 Å². The van der Waals surface area contributed by atoms with Crippen LogP contribution in [0.5, 0.6) is 0 Å². The van der Waals surface area contributed by atoms with Crippen LogP contribution in [-0.4, -0.2) is 71.0 Å². The molecule has 1 saturated heterocycles. The van der Waals surface area contributed by atoms with Crippen LogP contribution < -0.4 is 0 Å². The number of pyridine rings is 1. The molecule has 0 saturated carbocycles. The summed E-state index contributed by atoms with van der Waals surface area (Å²) in [7, 11) is 0. The number of carbonyl (C=O) groups excluding carboxylic acids is 2. The Morgan fingerprint density at radius 1 is 1.10 bits per heavy atom. The Kier molecular flexibility index (Phi) is 6.54. The third-order valence-electron chi connectivity index (χ3n) is 5.58. The zero-order chi connectivity index (χ0) is 21.6. The molecule has 0 bridgehead atoms. The van der Waals surface area contributed by atoms with Crippen LogP contribution >= 0.6 is 0 Å². The van der Waals surface area contributed by atoms with Gasteiger partial charge in [0.15, 0.2) is 11.5 Å². The van der Waals surface area contributed by atoms with E-state index >= 15 is 0 Å². The van der Waals surface area contributed by atoms with E-state index in [1.54, 1.807) is 35.5 Å². The molecular formula is C24H25N3O4. The van der Waals surface area contributed by atoms with Gasteiger partial charge in [0.25, 0.3) is 5.91 Å². The van der Waals surface area contributed by atoms with Crippen molar-refractivity contribution in [2.75, 3.05) is 39.4 Å². The molecule has 2 aromatic rings. The maximum absolute atomic E-state index is 13.1. The predicted octanol–water partition coefficient (Wildman–Crippen LogP) is 2.39. The molecule has 31 heavy (non-hydrogen) atoms. The summed E-state index contributed by atoms with van der Waals surface area (Å²) in [4.78, 5) is 33.8. The minimum Gasteiger partial charge on any atom is -0.503 e. The van der Waals surface area contributed by atoms with Gasteiger partial charge < -0.3 is 14.7 Å². The normalized spacial score (nSPS) is 20.1. The first-order valence-corrected chi connectivity index (χ1v) is 10.4. The number of aliphatic hydroxyl groups is 1. The van der Waals surface area contributed by atoms with Gasteiger partial charge in [0.1, 0.15) is 0 Å². The molecule has 0 aliphatic carbocycles. The number of rotatable bonds is 7. The number of morpholine rings is 1. The number of hydrogen-bond donors (Lipinski definition) is 1. The van der Waals surface area contributed by atoms with Crippen LogP contribution in [0, 0.1) is 0 Å². The highest BCUT2D eigenvalue weighted by Crippen LogP contribution is 2.37. The number of amides is 1. The first kappa shape index (κ1) is 21.0. The van der Waals surface area contributed by atoms with Crippen LogP contribution in [0.3, 0.4) is 0 Å². The van der Waals surface area contributed by atoms with Crippen LogP contribution in [0.1, 0.15) is 17.2 Å². The molecule has 1 aromatic heterocycles. The molecule has 4 rings (SSSR count). The van der Waals surface area contributed by atoms with Crippen molar-refractivity contribution in [3.63, 3.8) is 0 Å². The third kappa shape index (κ3) is 4.73. The van der Waals surface area contributed by atoms with Crippen molar-refractivity contribution in [1.82, 2.24) is 14.8 Å². The number of benzene rings is 1. The van der Waals surface area contributed by atoms with Crippen LogP contribution in [0.4, 0.5) is 0 Å². The Hall–Kier alpha value is -3.29. The zero-order valence-corrected chi connectivity index (χ0v) is 17.2. The van der Waals surface area contributed by atoms with Gasteiger partial charge in [-0.1, -0.05) is 36.4 Å². The Bertz CT molecular complexity index is 982. The summed E-state index contributed by atoms with van der Waals surface area (Å²) in [5.74, 6) is -1.39. The van der Waals surface area contributed by atoms with Gasteiger partial charge >= 0.3 is 0 Å². The zero-order valence-electron chi connectivity index (χ0n) is 17.2. The molecule has 2 aliphatic rings. The molecule has 7 heteroatoms. The van der Waals surface area contributed by atoms with E-state index in [0.29, 0.717) is 26.3 Å². The van der Waals surface area contributed by atoms with Gasteiger partial charge in [-0.15, -0.1) is 0 Å². The average molecular weight is 419 g/mol. The number of aromatic nitrogens is 1. The van der Waals surface area contributed by atoms with Crippen molar-refractivity contribution < 1.29 is 19.4 Å². The van der Waals surface area contributed by atoms with Gasteiger partial charge in [-0.3, -0.25) is 19.5 Å². The lowest BCUT2D eigenvalue weighted by molar-refractivity contribution is -0.129. The lowest BCUT2D eigenvalue weighted by Gasteiger charge is -2.31. The first-order valence-electron chi connectivity index (χ1n) is 10.4. The highest BCUT2D eigenvalue weighted by atomic mass is 16.5. The minimum atomic E-state index is -0.649. The summed E-state index contributed by atoms with van der Waals surface area (Å²) in [6, 6.07) is 12.3. The maximum Gasteiger partial charge on any atom is 0.290 e. The summed E-state index contributed by atoms with van der Waals surface area (Å²) < 4.78 is 5.38. The van der Waals surface area contributed by atoms with E-state index < -0.39 is 17.7 Å². The van der Waals surface area contributed by atoms with E-state index in [9.17, 15) is 14.7 Å². The summed E-state index contributed by atoms with van der Waals surface area (Å²) in [5.41, 5.74) is 1.71. The smallest absolute Gasteiger partial charge is 0.290 e. The molecule has 1 amide bonds. The van der Waals surface area contributed by atoms with Gasteiger partial charge in [0.2, 0.25) is 0 Å². The molecule has 1 atom stereocenters. The number of nitrogens with zero attached hydrogens (tertiary/aromatic N) is 3. The lowest BCUT2D eigenvalue weighted by Crippen LogP contribution is -2.43. The highest BCUT2D eigenvalue weighted by molar-refractivity contribution is 6.14. The second-order valence-electron chi connectivity index (χ2n) is 7.51. The Labute approximate surface area is 181 Å². The van der Waals surface area contributed by atoms with Crippen LogP contribution in [0.15, 0.2) is 72.3 Å². The monoisotopic (exact) mass is 419 g/mol. The molecule has 0 spiro atoms. The molecule has 0 radical (unpaired) electrons. The minimum absolute atomic E-state index is 0.102. The molecule has 3 heterocycles. The van der Waals surface area contributed by atoms with Crippen molar-refractivity contribution in [3.05, 3.63) is 83.4 Å². The van der Waals surface area contributed by atoms with Crippen molar-refractivity contribution in [2.45, 2.75) is 6.04 Å². The molecule has 7 nitrogen and oxygen atoms in total. The number of carbonyl (C=O) groups is 2. The average Bonchev–Trinajstić information content (AvgIpc) is 3.08. The number of ether oxygens (including phenoxy) is 1. The van der Waals surface area contributed by atoms with Crippen LogP contribution in [0.2, 0.25) is 0 Å². The second kappa shape index (κ2) is 9.68. The summed E-state index contributed by atoms with van der Waals surface area (Å²) in [6.07, 6.45) is 6.34. The SMILES string of the molecule is O=C(/C=C/c1ccccc1)C1=C(O)C(=O)N(CCN2CCOCC2)C1c1ccncc1. The van der Waals surface area contributed by atoms with E-state index in [2.05, 4.69) is 9.88 Å². The standard InChI is InChI=1S/C24H25N3O4/c28-20(7-6-18-4-2-1-3-5-18)21-22(19-8-10-25-11-9-19)27(24(30)23(21)29)13-12-26-14-16-31-17-15-26/h1-11,22,29H,12-17H2/b7-6+. The van der Waals surface area contributed by atoms with E-state index in [1.165, 1.54) is 6.08 Å². The van der Waals surface area contributed by atoms with Crippen LogP contribution in [0.25, 0.3) is 6.08 Å². The van der Waals surface area contributed by atoms with Crippen molar-refractivity contribution in [2.24, 2.45) is 0 Å². The van der Waals surface area contributed by atoms with Gasteiger partial charge in [0.05, 0.1) is 24.8 Å². The Balaban J connectivity index is 1.59. The fraction of sp³-hybridized carbons (Fsp3) is 0.292. The first-order chi connectivity index (χ1) is 15.1. The summed E-state index contributed by atoms with van der Waals surface area (Å²) in [5, 5.41) is 10.6. The third-order valence-corrected chi connectivity index (χ3v) is 5.58. The fourth-order valence-electron chi connectivity index (χ4n) is 3.93. The van der Waals surface area contributed by atoms with E-state index in [1.807, 2.05) is 30.3 Å². The number of allylic oxidation sites excluding steroid dienone is 1. The number of aliphatic hydroxyl groups excluding tert-OH is 1. The van der Waals surface area contributed by atoms with Crippen molar-refractivity contribution >= 4 is 17.8 Å². The molecular weight excluding hydrogens is 394 g/mol. The maximum atomic E-state index is 13.1. The van der Waals surface area contributed by atoms with Crippen LogP contribution in [-0.2, 0) is 14.3 Å². The second-order valence-corrected chi connectivity index (χ2v) is 7.51. The van der Waals surface area contributed by atoms with Gasteiger partial charge in [-0.2, -0.15) is 0 Å². The van der Waals surface area contributed by atoms with E-state index in [0.717, 1.165) is 24.2 Å². The van der Waals surface area contributed by atoms with Gasteiger partial charge in [0, 0.05) is 38.6 Å². The quantitative estimate of drug-likeness (QED) is 0.694. The molecule has 1 unspecified atom stereocenters. The predicted molar refractivity (Wildman–Crippen MR) is 116 cm³/mol.